The molecule has 0 atom stereocenters. The Bertz CT molecular complexity index is 1620. The van der Waals surface area contributed by atoms with Crippen LogP contribution in [0.1, 0.15) is 17.5 Å². The van der Waals surface area contributed by atoms with Gasteiger partial charge in [-0.2, -0.15) is 0 Å². The third-order valence-corrected chi connectivity index (χ3v) is 7.39. The smallest absolute Gasteiger partial charge is 0.201 e. The summed E-state index contributed by atoms with van der Waals surface area (Å²) < 4.78 is 51.0. The summed E-state index contributed by atoms with van der Waals surface area (Å²) in [6.07, 6.45) is 2.52. The second kappa shape index (κ2) is 12.1. The van der Waals surface area contributed by atoms with Crippen LogP contribution in [-0.2, 0) is 22.0 Å². The molecule has 0 saturated carbocycles. The number of rotatable bonds is 9. The SMILES string of the molecule is COc1cc(-c2cccc(CCCN[SH](=O)=O)c2F)cc2c(N3CCOCC3)nc(-c3cnc(N)c(C)c3)nc12. The maximum Gasteiger partial charge on any atom is 0.201 e. The minimum absolute atomic E-state index is 0.248. The Labute approximate surface area is 233 Å². The van der Waals surface area contributed by atoms with E-state index >= 15 is 4.39 Å². The van der Waals surface area contributed by atoms with Crippen LogP contribution in [0.2, 0.25) is 0 Å². The van der Waals surface area contributed by atoms with Gasteiger partial charge in [-0.15, -0.1) is 0 Å². The van der Waals surface area contributed by atoms with E-state index in [0.717, 1.165) is 16.5 Å². The number of nitrogens with one attached hydrogen (secondary N) is 1. The molecule has 1 fully saturated rings. The molecule has 2 aromatic carbocycles. The highest BCUT2D eigenvalue weighted by molar-refractivity contribution is 7.70. The molecule has 1 aliphatic heterocycles. The lowest BCUT2D eigenvalue weighted by molar-refractivity contribution is 0.122. The molecule has 40 heavy (non-hydrogen) atoms. The van der Waals surface area contributed by atoms with E-state index in [2.05, 4.69) is 14.6 Å². The fourth-order valence-corrected chi connectivity index (χ4v) is 5.13. The molecule has 1 saturated heterocycles. The van der Waals surface area contributed by atoms with Crippen molar-refractivity contribution < 1.29 is 22.3 Å². The molecule has 4 aromatic rings. The van der Waals surface area contributed by atoms with E-state index in [4.69, 9.17) is 25.2 Å². The fraction of sp³-hybridized carbons (Fsp3) is 0.321. The molecular weight excluding hydrogens is 535 g/mol. The Morgan fingerprint density at radius 1 is 1.15 bits per heavy atom. The predicted octanol–water partition coefficient (Wildman–Crippen LogP) is 3.28. The number of nitrogen functional groups attached to an aromatic ring is 1. The van der Waals surface area contributed by atoms with Crippen LogP contribution in [0.25, 0.3) is 33.4 Å². The summed E-state index contributed by atoms with van der Waals surface area (Å²) in [5.74, 6) is 1.76. The van der Waals surface area contributed by atoms with E-state index in [0.29, 0.717) is 84.6 Å². The standard InChI is InChI=1S/C28H31FN6O4S/c1-17-13-20(16-31-26(17)30)27-33-25-22(28(34-27)35-9-11-39-12-10-35)14-19(15-23(25)38-2)21-7-3-5-18(24(21)29)6-4-8-32-40(36)37/h3,5,7,13-16,40H,4,6,8-12H2,1-2H3,(H2,30,31)(H,32,36,37). The summed E-state index contributed by atoms with van der Waals surface area (Å²) in [6, 6.07) is 10.8. The Morgan fingerprint density at radius 3 is 2.67 bits per heavy atom. The van der Waals surface area contributed by atoms with Gasteiger partial charge in [-0.1, -0.05) is 18.2 Å². The highest BCUT2D eigenvalue weighted by atomic mass is 32.2. The third-order valence-electron chi connectivity index (χ3n) is 6.91. The number of halogens is 1. The van der Waals surface area contributed by atoms with Gasteiger partial charge in [-0.05, 0) is 54.7 Å². The Balaban J connectivity index is 1.63. The van der Waals surface area contributed by atoms with Gasteiger partial charge in [0.25, 0.3) is 0 Å². The molecule has 10 nitrogen and oxygen atoms in total. The number of methoxy groups -OCH3 is 1. The van der Waals surface area contributed by atoms with E-state index in [1.807, 2.05) is 19.1 Å². The molecule has 5 rings (SSSR count). The van der Waals surface area contributed by atoms with Crippen molar-refractivity contribution in [3.05, 3.63) is 59.5 Å². The molecule has 0 radical (unpaired) electrons. The van der Waals surface area contributed by atoms with Gasteiger partial charge < -0.3 is 20.1 Å². The second-order valence-electron chi connectivity index (χ2n) is 9.52. The first-order valence-corrected chi connectivity index (χ1v) is 14.1. The first-order chi connectivity index (χ1) is 19.4. The van der Waals surface area contributed by atoms with Crippen molar-refractivity contribution in [3.63, 3.8) is 0 Å². The van der Waals surface area contributed by atoms with Crippen molar-refractivity contribution >= 4 is 33.4 Å². The van der Waals surface area contributed by atoms with Gasteiger partial charge in [0.05, 0.1) is 20.3 Å². The zero-order valence-corrected chi connectivity index (χ0v) is 23.2. The van der Waals surface area contributed by atoms with Crippen LogP contribution in [0, 0.1) is 12.7 Å². The number of hydrogen-bond donors (Lipinski definition) is 3. The second-order valence-corrected chi connectivity index (χ2v) is 10.3. The van der Waals surface area contributed by atoms with Crippen LogP contribution in [0.5, 0.6) is 5.75 Å². The van der Waals surface area contributed by atoms with Crippen molar-refractivity contribution in [1.82, 2.24) is 19.7 Å². The van der Waals surface area contributed by atoms with Crippen LogP contribution in [0.4, 0.5) is 16.0 Å². The number of fused-ring (bicyclic) bond motifs is 1. The van der Waals surface area contributed by atoms with Crippen molar-refractivity contribution in [2.45, 2.75) is 19.8 Å². The molecular formula is C28H31FN6O4S. The average molecular weight is 567 g/mol. The molecule has 12 heteroatoms. The summed E-state index contributed by atoms with van der Waals surface area (Å²) in [5, 5.41) is 0.730. The normalized spacial score (nSPS) is 13.8. The molecule has 3 N–H and O–H groups in total. The summed E-state index contributed by atoms with van der Waals surface area (Å²) in [7, 11) is -1.11. The molecule has 0 unspecified atom stereocenters. The number of pyridine rings is 1. The van der Waals surface area contributed by atoms with E-state index in [-0.39, 0.29) is 12.4 Å². The molecule has 0 spiro atoms. The van der Waals surface area contributed by atoms with Gasteiger partial charge in [-0.3, -0.25) is 0 Å². The number of nitrogens with two attached hydrogens (primary N) is 1. The maximum atomic E-state index is 15.7. The molecule has 0 bridgehead atoms. The molecule has 210 valence electrons. The van der Waals surface area contributed by atoms with E-state index in [1.54, 1.807) is 37.6 Å². The third kappa shape index (κ3) is 5.83. The highest BCUT2D eigenvalue weighted by Gasteiger charge is 2.22. The van der Waals surface area contributed by atoms with Crippen molar-refractivity contribution in [2.75, 3.05) is 50.6 Å². The molecule has 0 amide bonds. The van der Waals surface area contributed by atoms with Crippen LogP contribution in [0.15, 0.2) is 42.6 Å². The Kier molecular flexibility index (Phi) is 8.38. The van der Waals surface area contributed by atoms with Gasteiger partial charge in [0, 0.05) is 42.3 Å². The predicted molar refractivity (Wildman–Crippen MR) is 154 cm³/mol. The summed E-state index contributed by atoms with van der Waals surface area (Å²) >= 11 is 0. The zero-order chi connectivity index (χ0) is 28.2. The van der Waals surface area contributed by atoms with Gasteiger partial charge >= 0.3 is 0 Å². The summed E-state index contributed by atoms with van der Waals surface area (Å²) in [4.78, 5) is 16.2. The number of aryl methyl sites for hydroxylation is 2. The number of nitrogens with zero attached hydrogens (tertiary/aromatic N) is 4. The van der Waals surface area contributed by atoms with Gasteiger partial charge in [0.15, 0.2) is 5.82 Å². The quantitative estimate of drug-likeness (QED) is 0.206. The molecule has 1 aliphatic rings. The lowest BCUT2D eigenvalue weighted by Crippen LogP contribution is -2.37. The summed E-state index contributed by atoms with van der Waals surface area (Å²) in [5.41, 5.74) is 9.63. The maximum absolute atomic E-state index is 15.7. The molecule has 3 heterocycles. The lowest BCUT2D eigenvalue weighted by atomic mass is 9.98. The van der Waals surface area contributed by atoms with Gasteiger partial charge in [0.2, 0.25) is 10.9 Å². The van der Waals surface area contributed by atoms with Gasteiger partial charge in [0.1, 0.15) is 28.7 Å². The molecule has 2 aromatic heterocycles. The Morgan fingerprint density at radius 2 is 1.95 bits per heavy atom. The number of ether oxygens (including phenoxy) is 2. The average Bonchev–Trinajstić information content (AvgIpc) is 2.96. The first-order valence-electron chi connectivity index (χ1n) is 13.0. The number of benzene rings is 2. The first kappa shape index (κ1) is 27.7. The van der Waals surface area contributed by atoms with Crippen molar-refractivity contribution in [2.24, 2.45) is 0 Å². The van der Waals surface area contributed by atoms with E-state index in [9.17, 15) is 8.42 Å². The summed E-state index contributed by atoms with van der Waals surface area (Å²) in [6.45, 7) is 4.54. The molecule has 0 aliphatic carbocycles. The fourth-order valence-electron chi connectivity index (χ4n) is 4.79. The number of hydrogen-bond acceptors (Lipinski definition) is 9. The Hall–Kier alpha value is -3.87. The van der Waals surface area contributed by atoms with Crippen LogP contribution in [0.3, 0.4) is 0 Å². The number of anilines is 2. The van der Waals surface area contributed by atoms with Crippen LogP contribution >= 0.6 is 0 Å². The van der Waals surface area contributed by atoms with E-state index in [1.165, 1.54) is 0 Å². The largest absolute Gasteiger partial charge is 0.494 e. The minimum Gasteiger partial charge on any atom is -0.494 e. The van der Waals surface area contributed by atoms with Crippen LogP contribution < -0.4 is 20.1 Å². The zero-order valence-electron chi connectivity index (χ0n) is 22.3. The van der Waals surface area contributed by atoms with E-state index < -0.39 is 10.9 Å². The number of aromatic nitrogens is 3. The monoisotopic (exact) mass is 566 g/mol. The van der Waals surface area contributed by atoms with Gasteiger partial charge in [-0.25, -0.2) is 32.5 Å². The van der Waals surface area contributed by atoms with Crippen molar-refractivity contribution in [1.29, 1.82) is 0 Å². The lowest BCUT2D eigenvalue weighted by Gasteiger charge is -2.29. The number of morpholine rings is 1. The van der Waals surface area contributed by atoms with Crippen molar-refractivity contribution in [3.8, 4) is 28.3 Å². The van der Waals surface area contributed by atoms with Crippen LogP contribution in [-0.4, -0.2) is 63.3 Å². The minimum atomic E-state index is -2.67. The topological polar surface area (TPSA) is 133 Å². The highest BCUT2D eigenvalue weighted by Crippen LogP contribution is 2.38. The number of thiol groups is 1.